The van der Waals surface area contributed by atoms with E-state index in [9.17, 15) is 4.79 Å². The number of ether oxygens (including phenoxy) is 2. The molecule has 0 aromatic heterocycles. The molecule has 2 rings (SSSR count). The number of nitrogen functional groups attached to an aromatic ring is 1. The third-order valence-corrected chi connectivity index (χ3v) is 5.40. The molecule has 5 nitrogen and oxygen atoms in total. The van der Waals surface area contributed by atoms with Gasteiger partial charge in [-0.2, -0.15) is 0 Å². The molecule has 0 radical (unpaired) electrons. The van der Waals surface area contributed by atoms with Gasteiger partial charge in [-0.1, -0.05) is 30.9 Å². The average Bonchev–Trinajstić information content (AvgIpc) is 2.57. The summed E-state index contributed by atoms with van der Waals surface area (Å²) >= 11 is 6.01. The molecule has 1 fully saturated rings. The van der Waals surface area contributed by atoms with Crippen LogP contribution in [0.5, 0.6) is 5.75 Å². The van der Waals surface area contributed by atoms with E-state index < -0.39 is 5.97 Å². The first-order valence-electron chi connectivity index (χ1n) is 8.37. The fraction of sp³-hybridized carbons (Fsp3) is 0.611. The van der Waals surface area contributed by atoms with Crippen LogP contribution in [0.1, 0.15) is 48.9 Å². The first-order valence-corrected chi connectivity index (χ1v) is 8.75. The van der Waals surface area contributed by atoms with E-state index in [4.69, 9.17) is 26.8 Å². The molecule has 6 heteroatoms. The predicted molar refractivity (Wildman–Crippen MR) is 96.8 cm³/mol. The second-order valence-electron chi connectivity index (χ2n) is 6.64. The van der Waals surface area contributed by atoms with Crippen LogP contribution in [0.3, 0.4) is 0 Å². The van der Waals surface area contributed by atoms with Crippen molar-refractivity contribution in [2.75, 3.05) is 33.5 Å². The second kappa shape index (κ2) is 8.08. The minimum Gasteiger partial charge on any atom is -0.496 e. The van der Waals surface area contributed by atoms with E-state index in [0.717, 1.165) is 19.3 Å². The lowest BCUT2D eigenvalue weighted by atomic mass is 9.78. The fourth-order valence-corrected chi connectivity index (χ4v) is 3.60. The van der Waals surface area contributed by atoms with Gasteiger partial charge in [-0.15, -0.1) is 0 Å². The maximum atomic E-state index is 12.4. The summed E-state index contributed by atoms with van der Waals surface area (Å²) in [6.07, 6.45) is 6.87. The van der Waals surface area contributed by atoms with Crippen molar-refractivity contribution in [2.45, 2.75) is 44.1 Å². The van der Waals surface area contributed by atoms with Crippen molar-refractivity contribution in [1.29, 1.82) is 0 Å². The molecule has 0 bridgehead atoms. The highest BCUT2D eigenvalue weighted by atomic mass is 35.5. The van der Waals surface area contributed by atoms with Crippen LogP contribution in [0.15, 0.2) is 12.1 Å². The Hall–Kier alpha value is -1.46. The van der Waals surface area contributed by atoms with Crippen LogP contribution in [0.2, 0.25) is 5.02 Å². The van der Waals surface area contributed by atoms with Gasteiger partial charge in [0.15, 0.2) is 0 Å². The Morgan fingerprint density at radius 3 is 2.54 bits per heavy atom. The summed E-state index contributed by atoms with van der Waals surface area (Å²) in [6, 6.07) is 3.04. The Balaban J connectivity index is 2.01. The fourth-order valence-electron chi connectivity index (χ4n) is 3.44. The average molecular weight is 355 g/mol. The number of esters is 1. The number of nitrogens with two attached hydrogens (primary N) is 1. The lowest BCUT2D eigenvalue weighted by Crippen LogP contribution is -2.46. The van der Waals surface area contributed by atoms with E-state index >= 15 is 0 Å². The topological polar surface area (TPSA) is 64.8 Å². The maximum Gasteiger partial charge on any atom is 0.341 e. The van der Waals surface area contributed by atoms with E-state index in [2.05, 4.69) is 19.0 Å². The highest BCUT2D eigenvalue weighted by molar-refractivity contribution is 6.33. The number of carbonyl (C=O) groups is 1. The smallest absolute Gasteiger partial charge is 0.341 e. The third kappa shape index (κ3) is 4.14. The van der Waals surface area contributed by atoms with Gasteiger partial charge >= 0.3 is 5.97 Å². The van der Waals surface area contributed by atoms with Crippen LogP contribution in [-0.4, -0.2) is 44.2 Å². The van der Waals surface area contributed by atoms with Crippen molar-refractivity contribution in [3.63, 3.8) is 0 Å². The minimum atomic E-state index is -0.432. The Morgan fingerprint density at radius 2 is 1.96 bits per heavy atom. The van der Waals surface area contributed by atoms with Crippen LogP contribution >= 0.6 is 11.6 Å². The molecule has 1 saturated carbocycles. The molecule has 1 aliphatic rings. The van der Waals surface area contributed by atoms with E-state index in [1.807, 2.05) is 0 Å². The molecular formula is C18H27ClN2O3. The summed E-state index contributed by atoms with van der Waals surface area (Å²) in [5, 5.41) is 0.319. The largest absolute Gasteiger partial charge is 0.496 e. The van der Waals surface area contributed by atoms with Gasteiger partial charge in [0.25, 0.3) is 0 Å². The van der Waals surface area contributed by atoms with Gasteiger partial charge in [-0.25, -0.2) is 4.79 Å². The summed E-state index contributed by atoms with van der Waals surface area (Å²) < 4.78 is 10.7. The molecule has 1 aromatic rings. The summed E-state index contributed by atoms with van der Waals surface area (Å²) in [5.74, 6) is -0.0552. The molecule has 2 N–H and O–H groups in total. The molecule has 0 heterocycles. The number of hydrogen-bond acceptors (Lipinski definition) is 5. The van der Waals surface area contributed by atoms with Crippen LogP contribution in [0, 0.1) is 0 Å². The molecule has 0 unspecified atom stereocenters. The quantitative estimate of drug-likeness (QED) is 0.622. The van der Waals surface area contributed by atoms with E-state index in [0.29, 0.717) is 28.6 Å². The Labute approximate surface area is 149 Å². The SMILES string of the molecule is COc1cc(N)c(Cl)cc1C(=O)OCCC1(N(C)C)CCCCC1. The van der Waals surface area contributed by atoms with Crippen LogP contribution < -0.4 is 10.5 Å². The third-order valence-electron chi connectivity index (χ3n) is 5.07. The van der Waals surface area contributed by atoms with Crippen LogP contribution in [0.4, 0.5) is 5.69 Å². The number of methoxy groups -OCH3 is 1. The van der Waals surface area contributed by atoms with Crippen molar-refractivity contribution in [1.82, 2.24) is 4.90 Å². The first kappa shape index (κ1) is 18.9. The normalized spacial score (nSPS) is 16.9. The van der Waals surface area contributed by atoms with Crippen molar-refractivity contribution in [3.05, 3.63) is 22.7 Å². The molecule has 0 atom stereocenters. The molecule has 0 aliphatic heterocycles. The molecule has 134 valence electrons. The van der Waals surface area contributed by atoms with E-state index in [1.54, 1.807) is 6.07 Å². The van der Waals surface area contributed by atoms with Crippen molar-refractivity contribution in [3.8, 4) is 5.75 Å². The minimum absolute atomic E-state index is 0.126. The predicted octanol–water partition coefficient (Wildman–Crippen LogP) is 3.74. The number of nitrogens with zero attached hydrogens (tertiary/aromatic N) is 1. The standard InChI is InChI=1S/C18H27ClN2O3/c1-21(2)18(7-5-4-6-8-18)9-10-24-17(22)13-11-14(19)15(20)12-16(13)23-3/h11-12H,4-10,20H2,1-3H3. The highest BCUT2D eigenvalue weighted by Gasteiger charge is 2.34. The van der Waals surface area contributed by atoms with E-state index in [-0.39, 0.29) is 5.54 Å². The Bertz CT molecular complexity index is 584. The van der Waals surface area contributed by atoms with Gasteiger partial charge in [-0.3, -0.25) is 0 Å². The van der Waals surface area contributed by atoms with Crippen LogP contribution in [0.25, 0.3) is 0 Å². The molecule has 0 spiro atoms. The van der Waals surface area contributed by atoms with Gasteiger partial charge in [0, 0.05) is 11.6 Å². The number of hydrogen-bond donors (Lipinski definition) is 1. The number of benzene rings is 1. The zero-order valence-corrected chi connectivity index (χ0v) is 15.5. The zero-order valence-electron chi connectivity index (χ0n) is 14.7. The summed E-state index contributed by atoms with van der Waals surface area (Å²) in [4.78, 5) is 14.7. The van der Waals surface area contributed by atoms with E-state index in [1.165, 1.54) is 32.4 Å². The number of carbonyl (C=O) groups excluding carboxylic acids is 1. The molecule has 0 amide bonds. The Kier molecular flexibility index (Phi) is 6.35. The number of halogens is 1. The Morgan fingerprint density at radius 1 is 1.29 bits per heavy atom. The molecule has 24 heavy (non-hydrogen) atoms. The second-order valence-corrected chi connectivity index (χ2v) is 7.05. The molecular weight excluding hydrogens is 328 g/mol. The van der Waals surface area contributed by atoms with Gasteiger partial charge in [-0.05, 0) is 39.4 Å². The number of rotatable bonds is 6. The van der Waals surface area contributed by atoms with Crippen molar-refractivity contribution >= 4 is 23.3 Å². The van der Waals surface area contributed by atoms with Gasteiger partial charge in [0.05, 0.1) is 24.4 Å². The van der Waals surface area contributed by atoms with Crippen molar-refractivity contribution < 1.29 is 14.3 Å². The summed E-state index contributed by atoms with van der Waals surface area (Å²) in [6.45, 7) is 0.377. The monoisotopic (exact) mass is 354 g/mol. The maximum absolute atomic E-state index is 12.4. The molecule has 1 aromatic carbocycles. The summed E-state index contributed by atoms with van der Waals surface area (Å²) in [7, 11) is 5.70. The van der Waals surface area contributed by atoms with Gasteiger partial charge in [0.2, 0.25) is 0 Å². The lowest BCUT2D eigenvalue weighted by molar-refractivity contribution is 0.0307. The zero-order chi connectivity index (χ0) is 17.7. The van der Waals surface area contributed by atoms with Gasteiger partial charge < -0.3 is 20.1 Å². The molecule has 1 aliphatic carbocycles. The first-order chi connectivity index (χ1) is 11.4. The van der Waals surface area contributed by atoms with Crippen LogP contribution in [-0.2, 0) is 4.74 Å². The number of anilines is 1. The lowest BCUT2D eigenvalue weighted by Gasteiger charge is -2.43. The highest BCUT2D eigenvalue weighted by Crippen LogP contribution is 2.35. The molecule has 0 saturated heterocycles. The summed E-state index contributed by atoms with van der Waals surface area (Å²) in [5.41, 5.74) is 6.55. The van der Waals surface area contributed by atoms with Crippen molar-refractivity contribution in [2.24, 2.45) is 0 Å². The van der Waals surface area contributed by atoms with Gasteiger partial charge in [0.1, 0.15) is 11.3 Å².